The molecule has 0 aromatic heterocycles. The van der Waals surface area contributed by atoms with Gasteiger partial charge < -0.3 is 14.8 Å². The highest BCUT2D eigenvalue weighted by molar-refractivity contribution is 6.04. The van der Waals surface area contributed by atoms with E-state index in [0.29, 0.717) is 17.1 Å². The zero-order valence-electron chi connectivity index (χ0n) is 12.9. The van der Waals surface area contributed by atoms with Gasteiger partial charge in [0.2, 0.25) is 0 Å². The minimum absolute atomic E-state index is 0.0534. The van der Waals surface area contributed by atoms with E-state index in [1.165, 1.54) is 6.08 Å². The van der Waals surface area contributed by atoms with Crippen LogP contribution in [0.2, 0.25) is 0 Å². The second kappa shape index (κ2) is 7.31. The van der Waals surface area contributed by atoms with E-state index in [2.05, 4.69) is 5.32 Å². The van der Waals surface area contributed by atoms with Gasteiger partial charge in [0.1, 0.15) is 11.5 Å². The van der Waals surface area contributed by atoms with E-state index in [1.54, 1.807) is 26.5 Å². The molecular weight excluding hydrogens is 278 g/mol. The first-order valence-electron chi connectivity index (χ1n) is 6.89. The molecule has 0 unspecified atom stereocenters. The number of aryl methyl sites for hydroxylation is 1. The monoisotopic (exact) mass is 297 g/mol. The normalized spacial score (nSPS) is 10.5. The van der Waals surface area contributed by atoms with Crippen LogP contribution in [0.25, 0.3) is 0 Å². The fourth-order valence-electron chi connectivity index (χ4n) is 1.92. The fraction of sp³-hybridized carbons (Fsp3) is 0.167. The molecule has 2 aromatic rings. The molecule has 0 saturated heterocycles. The molecule has 2 rings (SSSR count). The van der Waals surface area contributed by atoms with E-state index in [1.807, 2.05) is 43.3 Å². The average molecular weight is 297 g/mol. The number of anilines is 1. The van der Waals surface area contributed by atoms with Crippen molar-refractivity contribution in [1.29, 1.82) is 0 Å². The Morgan fingerprint density at radius 2 is 1.59 bits per heavy atom. The molecular formula is C18H19NO3. The predicted molar refractivity (Wildman–Crippen MR) is 87.8 cm³/mol. The summed E-state index contributed by atoms with van der Waals surface area (Å²) in [5.41, 5.74) is 2.57. The second-order valence-electron chi connectivity index (χ2n) is 4.81. The number of hydrogen-bond donors (Lipinski definition) is 1. The van der Waals surface area contributed by atoms with Crippen molar-refractivity contribution >= 4 is 11.5 Å². The van der Waals surface area contributed by atoms with Crippen molar-refractivity contribution in [2.45, 2.75) is 6.92 Å². The van der Waals surface area contributed by atoms with Gasteiger partial charge in [-0.25, -0.2) is 0 Å². The number of methoxy groups -OCH3 is 2. The molecule has 22 heavy (non-hydrogen) atoms. The second-order valence-corrected chi connectivity index (χ2v) is 4.81. The lowest BCUT2D eigenvalue weighted by molar-refractivity contribution is 0.104. The molecule has 0 atom stereocenters. The summed E-state index contributed by atoms with van der Waals surface area (Å²) in [5, 5.41) is 3.04. The van der Waals surface area contributed by atoms with Crippen LogP contribution in [0.15, 0.2) is 54.7 Å². The number of ether oxygens (including phenoxy) is 2. The lowest BCUT2D eigenvalue weighted by Gasteiger charge is -2.08. The smallest absolute Gasteiger partial charge is 0.187 e. The Bertz CT molecular complexity index is 653. The van der Waals surface area contributed by atoms with Gasteiger partial charge in [0.25, 0.3) is 0 Å². The first-order chi connectivity index (χ1) is 10.6. The zero-order chi connectivity index (χ0) is 15.9. The number of hydrogen-bond acceptors (Lipinski definition) is 4. The summed E-state index contributed by atoms with van der Waals surface area (Å²) >= 11 is 0. The van der Waals surface area contributed by atoms with Gasteiger partial charge in [-0.1, -0.05) is 29.8 Å². The standard InChI is InChI=1S/C18H19NO3/c1-13-4-6-14(7-5-13)18(20)8-9-19-15-10-16(21-2)12-17(11-15)22-3/h4-12,19H,1-3H3/b9-8+. The highest BCUT2D eigenvalue weighted by Gasteiger charge is 2.02. The Labute approximate surface area is 130 Å². The van der Waals surface area contributed by atoms with Gasteiger partial charge >= 0.3 is 0 Å². The largest absolute Gasteiger partial charge is 0.497 e. The number of ketones is 1. The maximum Gasteiger partial charge on any atom is 0.187 e. The molecule has 0 heterocycles. The summed E-state index contributed by atoms with van der Waals surface area (Å²) < 4.78 is 10.4. The summed E-state index contributed by atoms with van der Waals surface area (Å²) in [7, 11) is 3.19. The molecule has 0 fully saturated rings. The molecule has 0 aliphatic rings. The van der Waals surface area contributed by atoms with Crippen molar-refractivity contribution in [1.82, 2.24) is 0 Å². The zero-order valence-corrected chi connectivity index (χ0v) is 12.9. The maximum absolute atomic E-state index is 12.0. The van der Waals surface area contributed by atoms with Crippen molar-refractivity contribution in [3.63, 3.8) is 0 Å². The number of benzene rings is 2. The number of nitrogens with one attached hydrogen (secondary N) is 1. The fourth-order valence-corrected chi connectivity index (χ4v) is 1.92. The van der Waals surface area contributed by atoms with Crippen LogP contribution in [0.3, 0.4) is 0 Å². The van der Waals surface area contributed by atoms with Crippen LogP contribution in [0.1, 0.15) is 15.9 Å². The molecule has 114 valence electrons. The van der Waals surface area contributed by atoms with E-state index in [4.69, 9.17) is 9.47 Å². The maximum atomic E-state index is 12.0. The third kappa shape index (κ3) is 4.12. The minimum Gasteiger partial charge on any atom is -0.497 e. The van der Waals surface area contributed by atoms with E-state index < -0.39 is 0 Å². The molecule has 0 radical (unpaired) electrons. The number of allylic oxidation sites excluding steroid dienone is 1. The van der Waals surface area contributed by atoms with Crippen LogP contribution < -0.4 is 14.8 Å². The van der Waals surface area contributed by atoms with E-state index in [9.17, 15) is 4.79 Å². The average Bonchev–Trinajstić information content (AvgIpc) is 2.55. The van der Waals surface area contributed by atoms with Crippen molar-refractivity contribution in [3.05, 3.63) is 65.9 Å². The molecule has 0 amide bonds. The highest BCUT2D eigenvalue weighted by atomic mass is 16.5. The lowest BCUT2D eigenvalue weighted by atomic mass is 10.1. The summed E-state index contributed by atoms with van der Waals surface area (Å²) in [6, 6.07) is 12.9. The van der Waals surface area contributed by atoms with E-state index in [0.717, 1.165) is 11.3 Å². The third-order valence-electron chi connectivity index (χ3n) is 3.17. The number of rotatable bonds is 6. The molecule has 4 nitrogen and oxygen atoms in total. The van der Waals surface area contributed by atoms with Gasteiger partial charge in [0.05, 0.1) is 14.2 Å². The SMILES string of the molecule is COc1cc(N/C=C/C(=O)c2ccc(C)cc2)cc(OC)c1. The topological polar surface area (TPSA) is 47.6 Å². The van der Waals surface area contributed by atoms with Gasteiger partial charge in [0.15, 0.2) is 5.78 Å². The molecule has 0 aliphatic carbocycles. The molecule has 1 N–H and O–H groups in total. The first-order valence-corrected chi connectivity index (χ1v) is 6.89. The summed E-state index contributed by atoms with van der Waals surface area (Å²) in [5.74, 6) is 1.31. The van der Waals surface area contributed by atoms with Crippen LogP contribution in [-0.2, 0) is 0 Å². The van der Waals surface area contributed by atoms with Crippen LogP contribution in [-0.4, -0.2) is 20.0 Å². The number of carbonyl (C=O) groups excluding carboxylic acids is 1. The molecule has 0 bridgehead atoms. The van der Waals surface area contributed by atoms with Crippen molar-refractivity contribution < 1.29 is 14.3 Å². The van der Waals surface area contributed by atoms with Crippen LogP contribution in [0, 0.1) is 6.92 Å². The molecule has 2 aromatic carbocycles. The Kier molecular flexibility index (Phi) is 5.20. The van der Waals surface area contributed by atoms with Crippen LogP contribution >= 0.6 is 0 Å². The summed E-state index contributed by atoms with van der Waals surface area (Å²) in [4.78, 5) is 12.0. The van der Waals surface area contributed by atoms with Crippen LogP contribution in [0.5, 0.6) is 11.5 Å². The Morgan fingerprint density at radius 1 is 1.00 bits per heavy atom. The molecule has 0 aliphatic heterocycles. The highest BCUT2D eigenvalue weighted by Crippen LogP contribution is 2.25. The van der Waals surface area contributed by atoms with Crippen molar-refractivity contribution in [2.75, 3.05) is 19.5 Å². The Hall–Kier alpha value is -2.75. The van der Waals surface area contributed by atoms with E-state index >= 15 is 0 Å². The first kappa shape index (κ1) is 15.6. The Balaban J connectivity index is 2.05. The van der Waals surface area contributed by atoms with Crippen LogP contribution in [0.4, 0.5) is 5.69 Å². The quantitative estimate of drug-likeness (QED) is 0.650. The van der Waals surface area contributed by atoms with E-state index in [-0.39, 0.29) is 5.78 Å². The Morgan fingerprint density at radius 3 is 2.14 bits per heavy atom. The van der Waals surface area contributed by atoms with Gasteiger partial charge in [-0.05, 0) is 6.92 Å². The van der Waals surface area contributed by atoms with Crippen molar-refractivity contribution in [3.8, 4) is 11.5 Å². The van der Waals surface area contributed by atoms with Gasteiger partial charge in [0, 0.05) is 41.7 Å². The predicted octanol–water partition coefficient (Wildman–Crippen LogP) is 3.82. The van der Waals surface area contributed by atoms with Gasteiger partial charge in [-0.15, -0.1) is 0 Å². The van der Waals surface area contributed by atoms with Crippen molar-refractivity contribution in [2.24, 2.45) is 0 Å². The summed E-state index contributed by atoms with van der Waals surface area (Å²) in [6.45, 7) is 1.99. The van der Waals surface area contributed by atoms with Gasteiger partial charge in [-0.2, -0.15) is 0 Å². The van der Waals surface area contributed by atoms with Gasteiger partial charge in [-0.3, -0.25) is 4.79 Å². The lowest BCUT2D eigenvalue weighted by Crippen LogP contribution is -1.97. The third-order valence-corrected chi connectivity index (χ3v) is 3.17. The summed E-state index contributed by atoms with van der Waals surface area (Å²) in [6.07, 6.45) is 3.10. The minimum atomic E-state index is -0.0534. The molecule has 0 saturated carbocycles. The molecule has 4 heteroatoms. The molecule has 0 spiro atoms. The number of carbonyl (C=O) groups is 1.